The van der Waals surface area contributed by atoms with Gasteiger partial charge in [0.15, 0.2) is 5.76 Å². The summed E-state index contributed by atoms with van der Waals surface area (Å²) >= 11 is 0. The van der Waals surface area contributed by atoms with Crippen LogP contribution < -0.4 is 11.1 Å². The smallest absolute Gasteiger partial charge is 0.237 e. The SMILES string of the molecule is Cc1cc(CNC(=O)[C@H](N)C(C)C)on1. The molecule has 1 heterocycles. The fourth-order valence-corrected chi connectivity index (χ4v) is 1.09. The Labute approximate surface area is 89.0 Å². The van der Waals surface area contributed by atoms with E-state index in [9.17, 15) is 4.79 Å². The summed E-state index contributed by atoms with van der Waals surface area (Å²) < 4.78 is 4.95. The number of nitrogens with zero attached hydrogens (tertiary/aromatic N) is 1. The van der Waals surface area contributed by atoms with Crippen molar-refractivity contribution >= 4 is 5.91 Å². The zero-order valence-corrected chi connectivity index (χ0v) is 9.28. The Hall–Kier alpha value is -1.36. The van der Waals surface area contributed by atoms with Crippen molar-refractivity contribution in [3.05, 3.63) is 17.5 Å². The average molecular weight is 211 g/mol. The molecule has 0 saturated carbocycles. The van der Waals surface area contributed by atoms with Gasteiger partial charge in [-0.25, -0.2) is 0 Å². The van der Waals surface area contributed by atoms with Gasteiger partial charge in [0, 0.05) is 6.07 Å². The number of aryl methyl sites for hydroxylation is 1. The van der Waals surface area contributed by atoms with E-state index < -0.39 is 6.04 Å². The van der Waals surface area contributed by atoms with Gasteiger partial charge in [-0.3, -0.25) is 4.79 Å². The van der Waals surface area contributed by atoms with Gasteiger partial charge >= 0.3 is 0 Å². The highest BCUT2D eigenvalue weighted by atomic mass is 16.5. The number of amides is 1. The zero-order valence-electron chi connectivity index (χ0n) is 9.28. The summed E-state index contributed by atoms with van der Waals surface area (Å²) in [5.74, 6) is 0.595. The van der Waals surface area contributed by atoms with Gasteiger partial charge < -0.3 is 15.6 Å². The first-order chi connectivity index (χ1) is 7.00. The standard InChI is InChI=1S/C10H17N3O2/c1-6(2)9(11)10(14)12-5-8-4-7(3)13-15-8/h4,6,9H,5,11H2,1-3H3,(H,12,14)/t9-/m1/s1. The molecule has 1 atom stereocenters. The second kappa shape index (κ2) is 4.93. The summed E-state index contributed by atoms with van der Waals surface area (Å²) in [5.41, 5.74) is 6.47. The lowest BCUT2D eigenvalue weighted by atomic mass is 10.1. The average Bonchev–Trinajstić information content (AvgIpc) is 2.59. The monoisotopic (exact) mass is 211 g/mol. The molecule has 0 spiro atoms. The predicted molar refractivity (Wildman–Crippen MR) is 55.9 cm³/mol. The van der Waals surface area contributed by atoms with E-state index in [0.29, 0.717) is 12.3 Å². The van der Waals surface area contributed by atoms with Crippen molar-refractivity contribution in [3.63, 3.8) is 0 Å². The summed E-state index contributed by atoms with van der Waals surface area (Å²) in [6, 6.07) is 1.30. The maximum absolute atomic E-state index is 11.5. The predicted octanol–water partition coefficient (Wildman–Crippen LogP) is 0.583. The van der Waals surface area contributed by atoms with Crippen LogP contribution in [0.1, 0.15) is 25.3 Å². The number of carbonyl (C=O) groups excluding carboxylic acids is 1. The number of hydrogen-bond donors (Lipinski definition) is 2. The molecule has 0 aromatic carbocycles. The first kappa shape index (κ1) is 11.7. The lowest BCUT2D eigenvalue weighted by molar-refractivity contribution is -0.123. The third-order valence-electron chi connectivity index (χ3n) is 2.13. The number of nitrogens with one attached hydrogen (secondary N) is 1. The Morgan fingerprint density at radius 1 is 1.67 bits per heavy atom. The molecule has 3 N–H and O–H groups in total. The highest BCUT2D eigenvalue weighted by molar-refractivity contribution is 5.81. The van der Waals surface area contributed by atoms with E-state index in [1.807, 2.05) is 20.8 Å². The maximum Gasteiger partial charge on any atom is 0.237 e. The number of aromatic nitrogens is 1. The van der Waals surface area contributed by atoms with Crippen LogP contribution in [-0.4, -0.2) is 17.1 Å². The van der Waals surface area contributed by atoms with Crippen LogP contribution in [0.3, 0.4) is 0 Å². The minimum Gasteiger partial charge on any atom is -0.359 e. The Balaban J connectivity index is 2.40. The molecule has 0 aliphatic heterocycles. The molecule has 1 amide bonds. The van der Waals surface area contributed by atoms with Crippen LogP contribution in [0.15, 0.2) is 10.6 Å². The Kier molecular flexibility index (Phi) is 3.85. The second-order valence-corrected chi connectivity index (χ2v) is 3.92. The Morgan fingerprint density at radius 2 is 2.33 bits per heavy atom. The molecule has 0 aliphatic rings. The van der Waals surface area contributed by atoms with Crippen LogP contribution in [0.25, 0.3) is 0 Å². The fraction of sp³-hybridized carbons (Fsp3) is 0.600. The van der Waals surface area contributed by atoms with Crippen molar-refractivity contribution in [3.8, 4) is 0 Å². The largest absolute Gasteiger partial charge is 0.359 e. The van der Waals surface area contributed by atoms with Gasteiger partial charge in [-0.1, -0.05) is 19.0 Å². The first-order valence-electron chi connectivity index (χ1n) is 4.96. The van der Waals surface area contributed by atoms with Crippen LogP contribution in [0.4, 0.5) is 0 Å². The molecule has 0 saturated heterocycles. The lowest BCUT2D eigenvalue weighted by Crippen LogP contribution is -2.43. The molecule has 5 heteroatoms. The number of carbonyl (C=O) groups is 1. The van der Waals surface area contributed by atoms with E-state index in [1.54, 1.807) is 6.07 Å². The van der Waals surface area contributed by atoms with Gasteiger partial charge in [-0.2, -0.15) is 0 Å². The summed E-state index contributed by atoms with van der Waals surface area (Å²) in [5, 5.41) is 6.41. The van der Waals surface area contributed by atoms with Crippen LogP contribution in [0, 0.1) is 12.8 Å². The summed E-state index contributed by atoms with van der Waals surface area (Å²) in [7, 11) is 0. The molecule has 15 heavy (non-hydrogen) atoms. The van der Waals surface area contributed by atoms with Crippen LogP contribution in [0.2, 0.25) is 0 Å². The maximum atomic E-state index is 11.5. The molecule has 0 fully saturated rings. The van der Waals surface area contributed by atoms with E-state index in [1.165, 1.54) is 0 Å². The number of nitrogens with two attached hydrogens (primary N) is 1. The molecule has 0 aliphatic carbocycles. The van der Waals surface area contributed by atoms with Gasteiger partial charge in [0.05, 0.1) is 18.3 Å². The zero-order chi connectivity index (χ0) is 11.4. The van der Waals surface area contributed by atoms with Crippen LogP contribution in [0.5, 0.6) is 0 Å². The second-order valence-electron chi connectivity index (χ2n) is 3.92. The van der Waals surface area contributed by atoms with Crippen molar-refractivity contribution in [1.29, 1.82) is 0 Å². The summed E-state index contributed by atoms with van der Waals surface area (Å²) in [6.45, 7) is 5.97. The minimum atomic E-state index is -0.478. The molecule has 1 rings (SSSR count). The minimum absolute atomic E-state index is 0.126. The van der Waals surface area contributed by atoms with Crippen LogP contribution >= 0.6 is 0 Å². The normalized spacial score (nSPS) is 12.9. The van der Waals surface area contributed by atoms with E-state index in [2.05, 4.69) is 10.5 Å². The Bertz CT molecular complexity index is 333. The highest BCUT2D eigenvalue weighted by Crippen LogP contribution is 2.02. The third kappa shape index (κ3) is 3.36. The van der Waals surface area contributed by atoms with E-state index >= 15 is 0 Å². The molecule has 1 aromatic heterocycles. The van der Waals surface area contributed by atoms with Crippen molar-refractivity contribution in [1.82, 2.24) is 10.5 Å². The van der Waals surface area contributed by atoms with Gasteiger partial charge in [-0.05, 0) is 12.8 Å². The molecule has 5 nitrogen and oxygen atoms in total. The molecule has 84 valence electrons. The van der Waals surface area contributed by atoms with Crippen molar-refractivity contribution in [2.45, 2.75) is 33.4 Å². The summed E-state index contributed by atoms with van der Waals surface area (Å²) in [6.07, 6.45) is 0. The van der Waals surface area contributed by atoms with Crippen molar-refractivity contribution in [2.75, 3.05) is 0 Å². The fourth-order valence-electron chi connectivity index (χ4n) is 1.09. The molecular formula is C10H17N3O2. The third-order valence-corrected chi connectivity index (χ3v) is 2.13. The van der Waals surface area contributed by atoms with E-state index in [0.717, 1.165) is 5.69 Å². The number of hydrogen-bond acceptors (Lipinski definition) is 4. The van der Waals surface area contributed by atoms with Gasteiger partial charge in [0.25, 0.3) is 0 Å². The highest BCUT2D eigenvalue weighted by Gasteiger charge is 2.16. The quantitative estimate of drug-likeness (QED) is 0.763. The van der Waals surface area contributed by atoms with E-state index in [-0.39, 0.29) is 11.8 Å². The van der Waals surface area contributed by atoms with Crippen molar-refractivity contribution in [2.24, 2.45) is 11.7 Å². The molecular weight excluding hydrogens is 194 g/mol. The first-order valence-corrected chi connectivity index (χ1v) is 4.96. The van der Waals surface area contributed by atoms with Crippen molar-refractivity contribution < 1.29 is 9.32 Å². The number of rotatable bonds is 4. The molecule has 0 unspecified atom stereocenters. The van der Waals surface area contributed by atoms with Gasteiger partial charge in [0.2, 0.25) is 5.91 Å². The summed E-state index contributed by atoms with van der Waals surface area (Å²) in [4.78, 5) is 11.5. The van der Waals surface area contributed by atoms with Crippen LogP contribution in [-0.2, 0) is 11.3 Å². The van der Waals surface area contributed by atoms with Gasteiger partial charge in [0.1, 0.15) is 0 Å². The molecule has 1 aromatic rings. The molecule has 0 radical (unpaired) electrons. The Morgan fingerprint density at radius 3 is 2.80 bits per heavy atom. The van der Waals surface area contributed by atoms with E-state index in [4.69, 9.17) is 10.3 Å². The van der Waals surface area contributed by atoms with Gasteiger partial charge in [-0.15, -0.1) is 0 Å². The topological polar surface area (TPSA) is 81.2 Å². The lowest BCUT2D eigenvalue weighted by Gasteiger charge is -2.14. The molecule has 0 bridgehead atoms.